The molecule has 9 heteroatoms. The van der Waals surface area contributed by atoms with E-state index in [0.29, 0.717) is 34.2 Å². The summed E-state index contributed by atoms with van der Waals surface area (Å²) in [6, 6.07) is 11.1. The number of hydrogen-bond acceptors (Lipinski definition) is 6. The third-order valence-electron chi connectivity index (χ3n) is 4.68. The summed E-state index contributed by atoms with van der Waals surface area (Å²) in [5, 5.41) is 1.97. The molecule has 0 aliphatic carbocycles. The Labute approximate surface area is 195 Å². The van der Waals surface area contributed by atoms with Crippen LogP contribution < -0.4 is 10.9 Å². The average Bonchev–Trinajstić information content (AvgIpc) is 3.35. The number of thiophene rings is 1. The molecule has 1 aliphatic rings. The van der Waals surface area contributed by atoms with E-state index in [1.807, 2.05) is 42.6 Å². The van der Waals surface area contributed by atoms with Crippen molar-refractivity contribution in [1.29, 1.82) is 0 Å². The third kappa shape index (κ3) is 6.49. The molecule has 1 aromatic heterocycles. The summed E-state index contributed by atoms with van der Waals surface area (Å²) >= 11 is 8.25. The average molecular weight is 474 g/mol. The van der Waals surface area contributed by atoms with E-state index in [1.165, 1.54) is 11.8 Å². The number of unbranched alkanes of at least 4 members (excludes halogenated alkanes) is 2. The molecule has 0 unspecified atom stereocenters. The van der Waals surface area contributed by atoms with Gasteiger partial charge in [0.2, 0.25) is 5.91 Å². The fraction of sp³-hybridized carbons (Fsp3) is 0.273. The number of hydrogen-bond donors (Lipinski definition) is 2. The van der Waals surface area contributed by atoms with Gasteiger partial charge in [0.25, 0.3) is 11.8 Å². The summed E-state index contributed by atoms with van der Waals surface area (Å²) in [6.07, 6.45) is 4.36. The van der Waals surface area contributed by atoms with Gasteiger partial charge < -0.3 is 0 Å². The Kier molecular flexibility index (Phi) is 8.39. The van der Waals surface area contributed by atoms with Gasteiger partial charge in [-0.2, -0.15) is 0 Å². The van der Waals surface area contributed by atoms with E-state index in [1.54, 1.807) is 28.4 Å². The molecule has 0 radical (unpaired) electrons. The molecule has 1 fully saturated rings. The van der Waals surface area contributed by atoms with Gasteiger partial charge in [-0.1, -0.05) is 54.7 Å². The van der Waals surface area contributed by atoms with Gasteiger partial charge >= 0.3 is 0 Å². The van der Waals surface area contributed by atoms with Crippen LogP contribution in [0.1, 0.15) is 46.5 Å². The molecule has 31 heavy (non-hydrogen) atoms. The Bertz CT molecular complexity index is 1000. The summed E-state index contributed by atoms with van der Waals surface area (Å²) in [5.41, 5.74) is 6.26. The van der Waals surface area contributed by atoms with Crippen LogP contribution in [0.3, 0.4) is 0 Å². The molecular weight excluding hydrogens is 450 g/mol. The number of rotatable bonds is 8. The molecule has 0 saturated carbocycles. The molecule has 0 spiro atoms. The predicted octanol–water partition coefficient (Wildman–Crippen LogP) is 4.28. The van der Waals surface area contributed by atoms with Gasteiger partial charge in [0, 0.05) is 23.4 Å². The first-order valence-corrected chi connectivity index (χ1v) is 12.0. The Morgan fingerprint density at radius 1 is 1.10 bits per heavy atom. The minimum atomic E-state index is -0.337. The number of amides is 3. The fourth-order valence-electron chi connectivity index (χ4n) is 3.01. The SMILES string of the molecule is Cc1ccccc1C(=O)NNC(=O)CCCCCN1C(=O)C(=Cc2cccs2)SC1=S. The summed E-state index contributed by atoms with van der Waals surface area (Å²) in [5.74, 6) is -0.636. The number of hydrazine groups is 1. The number of aryl methyl sites for hydroxylation is 1. The van der Waals surface area contributed by atoms with Crippen LogP contribution in [0, 0.1) is 6.92 Å². The maximum atomic E-state index is 12.6. The van der Waals surface area contributed by atoms with Gasteiger partial charge in [-0.3, -0.25) is 30.1 Å². The molecule has 162 valence electrons. The largest absolute Gasteiger partial charge is 0.293 e. The summed E-state index contributed by atoms with van der Waals surface area (Å²) in [7, 11) is 0. The van der Waals surface area contributed by atoms with Crippen molar-refractivity contribution in [2.75, 3.05) is 6.54 Å². The van der Waals surface area contributed by atoms with E-state index in [-0.39, 0.29) is 17.7 Å². The van der Waals surface area contributed by atoms with Gasteiger partial charge in [0.1, 0.15) is 4.32 Å². The van der Waals surface area contributed by atoms with Crippen LogP contribution in [-0.4, -0.2) is 33.5 Å². The molecular formula is C22H23N3O3S3. The van der Waals surface area contributed by atoms with Gasteiger partial charge in [-0.05, 0) is 48.9 Å². The normalized spacial score (nSPS) is 14.9. The van der Waals surface area contributed by atoms with E-state index >= 15 is 0 Å². The van der Waals surface area contributed by atoms with E-state index in [4.69, 9.17) is 12.2 Å². The fourth-order valence-corrected chi connectivity index (χ4v) is 5.04. The molecule has 1 aromatic carbocycles. The van der Waals surface area contributed by atoms with Crippen molar-refractivity contribution in [3.63, 3.8) is 0 Å². The van der Waals surface area contributed by atoms with E-state index in [2.05, 4.69) is 10.9 Å². The van der Waals surface area contributed by atoms with Gasteiger partial charge in [-0.15, -0.1) is 11.3 Å². The lowest BCUT2D eigenvalue weighted by Crippen LogP contribution is -2.41. The van der Waals surface area contributed by atoms with E-state index in [9.17, 15) is 14.4 Å². The molecule has 2 N–H and O–H groups in total. The first-order chi connectivity index (χ1) is 15.0. The van der Waals surface area contributed by atoms with Gasteiger partial charge in [-0.25, -0.2) is 0 Å². The zero-order chi connectivity index (χ0) is 22.2. The van der Waals surface area contributed by atoms with Crippen LogP contribution in [0.25, 0.3) is 6.08 Å². The second-order valence-electron chi connectivity index (χ2n) is 6.98. The zero-order valence-corrected chi connectivity index (χ0v) is 19.5. The number of carbonyl (C=O) groups is 3. The molecule has 0 bridgehead atoms. The van der Waals surface area contributed by atoms with E-state index in [0.717, 1.165) is 23.3 Å². The maximum absolute atomic E-state index is 12.6. The van der Waals surface area contributed by atoms with Crippen molar-refractivity contribution in [1.82, 2.24) is 15.8 Å². The van der Waals surface area contributed by atoms with Crippen LogP contribution in [0.5, 0.6) is 0 Å². The van der Waals surface area contributed by atoms with Crippen LogP contribution in [-0.2, 0) is 9.59 Å². The number of benzene rings is 1. The Balaban J connectivity index is 1.34. The number of carbonyl (C=O) groups excluding carboxylic acids is 3. The Morgan fingerprint density at radius 2 is 1.90 bits per heavy atom. The summed E-state index contributed by atoms with van der Waals surface area (Å²) in [6.45, 7) is 2.38. The van der Waals surface area contributed by atoms with Gasteiger partial charge in [0.05, 0.1) is 4.91 Å². The maximum Gasteiger partial charge on any atom is 0.269 e. The summed E-state index contributed by atoms with van der Waals surface area (Å²) < 4.78 is 0.574. The predicted molar refractivity (Wildman–Crippen MR) is 129 cm³/mol. The first kappa shape index (κ1) is 23.2. The Morgan fingerprint density at radius 3 is 2.65 bits per heavy atom. The molecule has 1 aliphatic heterocycles. The third-order valence-corrected chi connectivity index (χ3v) is 6.88. The van der Waals surface area contributed by atoms with Crippen molar-refractivity contribution in [2.24, 2.45) is 0 Å². The second kappa shape index (κ2) is 11.2. The topological polar surface area (TPSA) is 78.5 Å². The molecule has 6 nitrogen and oxygen atoms in total. The highest BCUT2D eigenvalue weighted by Crippen LogP contribution is 2.33. The Hall–Kier alpha value is -2.49. The highest BCUT2D eigenvalue weighted by molar-refractivity contribution is 8.26. The number of nitrogens with zero attached hydrogens (tertiary/aromatic N) is 1. The quantitative estimate of drug-likeness (QED) is 0.259. The number of thioether (sulfide) groups is 1. The molecule has 2 heterocycles. The van der Waals surface area contributed by atoms with Crippen molar-refractivity contribution < 1.29 is 14.4 Å². The number of nitrogens with one attached hydrogen (secondary N) is 2. The highest BCUT2D eigenvalue weighted by Gasteiger charge is 2.31. The van der Waals surface area contributed by atoms with Crippen LogP contribution >= 0.6 is 35.3 Å². The van der Waals surface area contributed by atoms with Crippen molar-refractivity contribution in [3.05, 3.63) is 62.7 Å². The van der Waals surface area contributed by atoms with Crippen LogP contribution in [0.4, 0.5) is 0 Å². The molecule has 1 saturated heterocycles. The van der Waals surface area contributed by atoms with Crippen molar-refractivity contribution in [2.45, 2.75) is 32.6 Å². The molecule has 0 atom stereocenters. The van der Waals surface area contributed by atoms with Crippen molar-refractivity contribution in [3.8, 4) is 0 Å². The van der Waals surface area contributed by atoms with Crippen LogP contribution in [0.2, 0.25) is 0 Å². The van der Waals surface area contributed by atoms with Crippen LogP contribution in [0.15, 0.2) is 46.7 Å². The lowest BCUT2D eigenvalue weighted by atomic mass is 10.1. The van der Waals surface area contributed by atoms with Gasteiger partial charge in [0.15, 0.2) is 0 Å². The monoisotopic (exact) mass is 473 g/mol. The zero-order valence-electron chi connectivity index (χ0n) is 17.1. The van der Waals surface area contributed by atoms with E-state index < -0.39 is 0 Å². The lowest BCUT2D eigenvalue weighted by molar-refractivity contribution is -0.123. The minimum Gasteiger partial charge on any atom is -0.293 e. The lowest BCUT2D eigenvalue weighted by Gasteiger charge is -2.14. The van der Waals surface area contributed by atoms with Crippen molar-refractivity contribution >= 4 is 63.4 Å². The first-order valence-electron chi connectivity index (χ1n) is 9.89. The highest BCUT2D eigenvalue weighted by atomic mass is 32.2. The number of thiocarbonyl (C=S) groups is 1. The standard InChI is InChI=1S/C22H23N3O3S3/c1-15-8-4-5-10-17(15)20(27)24-23-19(26)11-3-2-6-12-25-21(28)18(31-22(25)29)14-16-9-7-13-30-16/h4-5,7-10,13-14H,2-3,6,11-12H2,1H3,(H,23,26)(H,24,27). The minimum absolute atomic E-state index is 0.0555. The molecule has 2 aromatic rings. The second-order valence-corrected chi connectivity index (χ2v) is 9.63. The molecule has 3 amide bonds. The molecule has 3 rings (SSSR count). The smallest absolute Gasteiger partial charge is 0.269 e. The summed E-state index contributed by atoms with van der Waals surface area (Å²) in [4.78, 5) is 39.9.